The van der Waals surface area contributed by atoms with Crippen molar-refractivity contribution in [3.63, 3.8) is 0 Å². The van der Waals surface area contributed by atoms with Gasteiger partial charge in [-0.2, -0.15) is 30.3 Å². The molecule has 1 radical (unpaired) electrons. The Morgan fingerprint density at radius 2 is 1.42 bits per heavy atom. The Kier molecular flexibility index (Phi) is 13.8. The smallest absolute Gasteiger partial charge is 0.0978 e. The van der Waals surface area contributed by atoms with Gasteiger partial charge in [0.2, 0.25) is 0 Å². The van der Waals surface area contributed by atoms with Crippen LogP contribution in [0, 0.1) is 25.0 Å². The molecule has 259 valence electrons. The minimum absolute atomic E-state index is 0. The normalized spacial score (nSPS) is 18.2. The van der Waals surface area contributed by atoms with E-state index in [4.69, 9.17) is 4.98 Å². The molecule has 0 unspecified atom stereocenters. The van der Waals surface area contributed by atoms with Gasteiger partial charge in [-0.1, -0.05) is 103 Å². The van der Waals surface area contributed by atoms with Crippen molar-refractivity contribution in [1.82, 2.24) is 4.98 Å². The molecule has 3 saturated carbocycles. The van der Waals surface area contributed by atoms with E-state index in [9.17, 15) is 4.57 Å². The zero-order valence-corrected chi connectivity index (χ0v) is 32.9. The topological polar surface area (TPSA) is 30.0 Å². The Morgan fingerprint density at radius 1 is 0.771 bits per heavy atom. The number of hydrogen-bond donors (Lipinski definition) is 0. The van der Waals surface area contributed by atoms with Gasteiger partial charge in [0.05, 0.1) is 12.7 Å². The van der Waals surface area contributed by atoms with E-state index in [-0.39, 0.29) is 20.1 Å². The number of hydrogen-bond acceptors (Lipinski definition) is 2. The maximum atomic E-state index is 14.1. The number of rotatable bonds is 7. The number of aromatic nitrogens is 1. The van der Waals surface area contributed by atoms with Crippen LogP contribution >= 0.6 is 7.14 Å². The summed E-state index contributed by atoms with van der Waals surface area (Å²) in [5.41, 5.74) is 8.28. The summed E-state index contributed by atoms with van der Waals surface area (Å²) in [7, 11) is -2.28. The summed E-state index contributed by atoms with van der Waals surface area (Å²) >= 11 is 0. The summed E-state index contributed by atoms with van der Waals surface area (Å²) in [6.07, 6.45) is 20.3. The number of fused-ring (bicyclic) bond motifs is 1. The molecular weight excluding hydrogens is 782 g/mol. The fourth-order valence-corrected chi connectivity index (χ4v) is 13.0. The molecule has 0 saturated heterocycles. The molecule has 4 heteroatoms. The summed E-state index contributed by atoms with van der Waals surface area (Å²) in [4.78, 5) is 5.01. The molecule has 0 atom stereocenters. The molecule has 1 heterocycles. The Morgan fingerprint density at radius 3 is 2.02 bits per heavy atom. The van der Waals surface area contributed by atoms with Crippen LogP contribution in [0.3, 0.4) is 0 Å². The van der Waals surface area contributed by atoms with Gasteiger partial charge >= 0.3 is 0 Å². The van der Waals surface area contributed by atoms with Crippen LogP contribution in [0.25, 0.3) is 22.2 Å². The van der Waals surface area contributed by atoms with Crippen molar-refractivity contribution in [2.45, 2.75) is 141 Å². The molecule has 0 spiro atoms. The van der Waals surface area contributed by atoms with E-state index in [1.807, 2.05) is 18.2 Å². The maximum Gasteiger partial charge on any atom is 0.0978 e. The average Bonchev–Trinajstić information content (AvgIpc) is 3.12. The first-order chi connectivity index (χ1) is 22.9. The molecule has 0 N–H and O–H groups in total. The molecule has 1 aromatic heterocycles. The summed E-state index contributed by atoms with van der Waals surface area (Å²) < 4.78 is 14.1. The number of pyridine rings is 1. The molecular formula is C44H56IrNOP-2. The molecule has 0 amide bonds. The van der Waals surface area contributed by atoms with Crippen LogP contribution in [0.5, 0.6) is 0 Å². The van der Waals surface area contributed by atoms with Crippen LogP contribution in [0.2, 0.25) is 0 Å². The summed E-state index contributed by atoms with van der Waals surface area (Å²) in [5.74, 6) is 1.36. The molecule has 2 nitrogen and oxygen atoms in total. The van der Waals surface area contributed by atoms with Crippen LogP contribution in [0.1, 0.15) is 133 Å². The third-order valence-electron chi connectivity index (χ3n) is 11.1. The molecule has 0 bridgehead atoms. The van der Waals surface area contributed by atoms with Crippen LogP contribution in [0.15, 0.2) is 66.7 Å². The Balaban J connectivity index is 0.000000192. The van der Waals surface area contributed by atoms with Crippen molar-refractivity contribution in [3.05, 3.63) is 95.6 Å². The molecule has 3 aliphatic rings. The molecule has 48 heavy (non-hydrogen) atoms. The Hall–Kier alpha value is -2.05. The fourth-order valence-electron chi connectivity index (χ4n) is 8.76. The third kappa shape index (κ3) is 8.99. The van der Waals surface area contributed by atoms with Crippen molar-refractivity contribution in [2.24, 2.45) is 5.92 Å². The first-order valence-corrected chi connectivity index (χ1v) is 20.8. The van der Waals surface area contributed by atoms with Crippen LogP contribution in [-0.2, 0) is 31.1 Å². The van der Waals surface area contributed by atoms with Gasteiger partial charge in [0.1, 0.15) is 0 Å². The quantitative estimate of drug-likeness (QED) is 0.137. The van der Waals surface area contributed by atoms with Gasteiger partial charge in [-0.05, 0) is 74.1 Å². The minimum atomic E-state index is -2.28. The standard InChI is InChI=1S/C26H30N.C18H26OP.Ir/c1-18(2)14-21-10-7-11-26-24(21)12-13-25(27-26)23-16-19(3)15-22(17-23)20-8-5-4-6-9-20;19-20(16-10-4-1-5-11-16,17-12-6-2-7-13-17)18-14-8-3-9-15-18;/h7,10-13,15,17-18,20H,4-6,8-9,14H2,1-3H3;1,4-5,10,17-18H,2-3,6-9,12-15H2;/q2*-1;. The zero-order chi connectivity index (χ0) is 32.6. The van der Waals surface area contributed by atoms with E-state index in [1.54, 1.807) is 0 Å². The van der Waals surface area contributed by atoms with Gasteiger partial charge in [-0.3, -0.25) is 4.98 Å². The molecule has 7 rings (SSSR count). The van der Waals surface area contributed by atoms with E-state index >= 15 is 0 Å². The second-order valence-electron chi connectivity index (χ2n) is 15.2. The maximum absolute atomic E-state index is 14.1. The van der Waals surface area contributed by atoms with Crippen molar-refractivity contribution < 1.29 is 24.7 Å². The van der Waals surface area contributed by atoms with Gasteiger partial charge in [0.15, 0.2) is 0 Å². The second kappa shape index (κ2) is 17.7. The first kappa shape index (κ1) is 37.2. The SMILES string of the molecule is Cc1[c-]c(-c2ccc3c(CC(C)C)cccc3n2)cc(C2CCCCC2)c1.O=P(c1[c-]cccc1)(C1CCCCC1)C1CCCCC1.[Ir]. The third-order valence-corrected chi connectivity index (χ3v) is 15.4. The zero-order valence-electron chi connectivity index (χ0n) is 29.6. The van der Waals surface area contributed by atoms with Crippen molar-refractivity contribution in [1.29, 1.82) is 0 Å². The van der Waals surface area contributed by atoms with E-state index < -0.39 is 7.14 Å². The van der Waals surface area contributed by atoms with E-state index in [0.29, 0.717) is 23.2 Å². The summed E-state index contributed by atoms with van der Waals surface area (Å²) in [6, 6.07) is 30.6. The molecule has 3 aromatic carbocycles. The van der Waals surface area contributed by atoms with Gasteiger partial charge < -0.3 is 4.57 Å². The van der Waals surface area contributed by atoms with Gasteiger partial charge in [-0.25, -0.2) is 0 Å². The summed E-state index contributed by atoms with van der Waals surface area (Å²) in [5, 5.41) is 2.34. The summed E-state index contributed by atoms with van der Waals surface area (Å²) in [6.45, 7) is 6.71. The van der Waals surface area contributed by atoms with Crippen LogP contribution in [0.4, 0.5) is 0 Å². The predicted octanol–water partition coefficient (Wildman–Crippen LogP) is 12.4. The Bertz CT molecular complexity index is 1610. The van der Waals surface area contributed by atoms with Gasteiger partial charge in [-0.15, -0.1) is 40.2 Å². The number of aryl methyl sites for hydroxylation is 1. The van der Waals surface area contributed by atoms with Crippen LogP contribution < -0.4 is 5.30 Å². The van der Waals surface area contributed by atoms with Gasteiger partial charge in [0.25, 0.3) is 0 Å². The fraction of sp³-hybridized carbons (Fsp3) is 0.523. The van der Waals surface area contributed by atoms with E-state index in [1.165, 1.54) is 118 Å². The van der Waals surface area contributed by atoms with E-state index in [0.717, 1.165) is 28.5 Å². The van der Waals surface area contributed by atoms with Crippen LogP contribution in [-0.4, -0.2) is 16.3 Å². The second-order valence-corrected chi connectivity index (χ2v) is 18.5. The number of benzene rings is 3. The molecule has 3 fully saturated rings. The van der Waals surface area contributed by atoms with E-state index in [2.05, 4.69) is 81.4 Å². The molecule has 4 aromatic rings. The Labute approximate surface area is 305 Å². The largest absolute Gasteiger partial charge is 0.320 e. The van der Waals surface area contributed by atoms with Crippen molar-refractivity contribution >= 4 is 23.3 Å². The van der Waals surface area contributed by atoms with Crippen molar-refractivity contribution in [3.8, 4) is 11.3 Å². The molecule has 3 aliphatic carbocycles. The van der Waals surface area contributed by atoms with Gasteiger partial charge in [0, 0.05) is 36.8 Å². The number of nitrogens with zero attached hydrogens (tertiary/aromatic N) is 1. The first-order valence-electron chi connectivity index (χ1n) is 18.9. The predicted molar refractivity (Wildman–Crippen MR) is 201 cm³/mol. The minimum Gasteiger partial charge on any atom is -0.320 e. The average molecular weight is 838 g/mol. The monoisotopic (exact) mass is 838 g/mol. The molecule has 0 aliphatic heterocycles. The van der Waals surface area contributed by atoms with Crippen molar-refractivity contribution in [2.75, 3.05) is 0 Å².